The average molecular weight is 262 g/mol. The minimum Gasteiger partial charge on any atom is -0.480 e. The molecule has 0 saturated heterocycles. The lowest BCUT2D eigenvalue weighted by molar-refractivity contribution is -0.142. The number of primary amides is 1. The number of hydrogen-bond donors (Lipinski definition) is 3. The van der Waals surface area contributed by atoms with Gasteiger partial charge in [-0.25, -0.2) is 4.79 Å². The highest BCUT2D eigenvalue weighted by Crippen LogP contribution is 2.01. The van der Waals surface area contributed by atoms with Crippen LogP contribution in [0, 0.1) is 0 Å². The molecule has 0 spiro atoms. The van der Waals surface area contributed by atoms with Crippen LogP contribution in [-0.4, -0.2) is 28.9 Å². The van der Waals surface area contributed by atoms with E-state index in [-0.39, 0.29) is 0 Å². The van der Waals surface area contributed by atoms with Crippen molar-refractivity contribution in [3.8, 4) is 0 Å². The first-order valence-electron chi connectivity index (χ1n) is 5.54. The van der Waals surface area contributed by atoms with Crippen molar-refractivity contribution in [2.75, 3.05) is 0 Å². The highest BCUT2D eigenvalue weighted by molar-refractivity contribution is 5.95. The van der Waals surface area contributed by atoms with E-state index in [1.807, 2.05) is 18.2 Å². The standard InChI is InChI=1S/C13H14N2O4/c14-11(16)8-10(13(18)19)15-12(17)7-6-9-4-2-1-3-5-9/h1-7,10H,8H2,(H2,14,16)(H,15,17)(H,18,19)/b7-6+. The van der Waals surface area contributed by atoms with E-state index >= 15 is 0 Å². The maximum absolute atomic E-state index is 11.5. The number of benzene rings is 1. The normalized spacial score (nSPS) is 12.0. The van der Waals surface area contributed by atoms with E-state index < -0.39 is 30.2 Å². The second-order valence-electron chi connectivity index (χ2n) is 3.81. The van der Waals surface area contributed by atoms with Crippen LogP contribution in [0.25, 0.3) is 6.08 Å². The van der Waals surface area contributed by atoms with Crippen LogP contribution in [0.3, 0.4) is 0 Å². The van der Waals surface area contributed by atoms with Crippen molar-refractivity contribution in [3.05, 3.63) is 42.0 Å². The van der Waals surface area contributed by atoms with Gasteiger partial charge in [0, 0.05) is 6.08 Å². The van der Waals surface area contributed by atoms with E-state index in [0.717, 1.165) is 5.56 Å². The second kappa shape index (κ2) is 6.95. The third-order valence-electron chi connectivity index (χ3n) is 2.25. The van der Waals surface area contributed by atoms with E-state index in [4.69, 9.17) is 10.8 Å². The van der Waals surface area contributed by atoms with Gasteiger partial charge in [-0.1, -0.05) is 30.3 Å². The Hall–Kier alpha value is -2.63. The topological polar surface area (TPSA) is 109 Å². The highest BCUT2D eigenvalue weighted by atomic mass is 16.4. The maximum atomic E-state index is 11.5. The molecule has 1 atom stereocenters. The van der Waals surface area contributed by atoms with Crippen molar-refractivity contribution in [2.45, 2.75) is 12.5 Å². The van der Waals surface area contributed by atoms with Gasteiger partial charge in [-0.05, 0) is 11.6 Å². The van der Waals surface area contributed by atoms with Crippen LogP contribution in [0.4, 0.5) is 0 Å². The molecule has 0 bridgehead atoms. The van der Waals surface area contributed by atoms with Gasteiger partial charge in [0.2, 0.25) is 11.8 Å². The first kappa shape index (κ1) is 14.4. The van der Waals surface area contributed by atoms with Crippen LogP contribution >= 0.6 is 0 Å². The molecule has 0 fully saturated rings. The lowest BCUT2D eigenvalue weighted by Gasteiger charge is -2.10. The molecule has 4 N–H and O–H groups in total. The second-order valence-corrected chi connectivity index (χ2v) is 3.81. The minimum absolute atomic E-state index is 0.444. The van der Waals surface area contributed by atoms with E-state index in [1.165, 1.54) is 6.08 Å². The number of carboxylic acid groups (broad SMARTS) is 1. The maximum Gasteiger partial charge on any atom is 0.326 e. The van der Waals surface area contributed by atoms with Gasteiger partial charge in [-0.3, -0.25) is 9.59 Å². The molecule has 0 radical (unpaired) electrons. The quantitative estimate of drug-likeness (QED) is 0.633. The molecule has 6 nitrogen and oxygen atoms in total. The molecule has 1 aromatic rings. The number of amides is 2. The molecular weight excluding hydrogens is 248 g/mol. The van der Waals surface area contributed by atoms with E-state index in [9.17, 15) is 14.4 Å². The number of nitrogens with one attached hydrogen (secondary N) is 1. The van der Waals surface area contributed by atoms with Crippen molar-refractivity contribution in [1.29, 1.82) is 0 Å². The summed E-state index contributed by atoms with van der Waals surface area (Å²) in [6, 6.07) is 7.73. The van der Waals surface area contributed by atoms with Gasteiger partial charge < -0.3 is 16.2 Å². The Balaban J connectivity index is 2.60. The van der Waals surface area contributed by atoms with Gasteiger partial charge in [0.05, 0.1) is 6.42 Å². The smallest absolute Gasteiger partial charge is 0.326 e. The molecular formula is C13H14N2O4. The number of carboxylic acids is 1. The predicted molar refractivity (Wildman–Crippen MR) is 68.9 cm³/mol. The molecule has 6 heteroatoms. The van der Waals surface area contributed by atoms with Gasteiger partial charge >= 0.3 is 5.97 Å². The molecule has 100 valence electrons. The first-order chi connectivity index (χ1) is 8.99. The van der Waals surface area contributed by atoms with Gasteiger partial charge in [0.25, 0.3) is 0 Å². The lowest BCUT2D eigenvalue weighted by Crippen LogP contribution is -2.42. The van der Waals surface area contributed by atoms with Crippen LogP contribution in [0.2, 0.25) is 0 Å². The Kier molecular flexibility index (Phi) is 5.28. The summed E-state index contributed by atoms with van der Waals surface area (Å²) in [7, 11) is 0. The molecule has 1 rings (SSSR count). The summed E-state index contributed by atoms with van der Waals surface area (Å²) in [5.74, 6) is -2.70. The summed E-state index contributed by atoms with van der Waals surface area (Å²) in [6.45, 7) is 0. The Bertz CT molecular complexity index is 497. The Labute approximate surface area is 109 Å². The van der Waals surface area contributed by atoms with Crippen LogP contribution in [-0.2, 0) is 14.4 Å². The number of nitrogens with two attached hydrogens (primary N) is 1. The molecule has 0 aliphatic heterocycles. The molecule has 0 saturated carbocycles. The van der Waals surface area contributed by atoms with Crippen molar-refractivity contribution in [1.82, 2.24) is 5.32 Å². The molecule has 2 amide bonds. The van der Waals surface area contributed by atoms with Crippen molar-refractivity contribution in [2.24, 2.45) is 5.73 Å². The number of rotatable bonds is 6. The molecule has 19 heavy (non-hydrogen) atoms. The molecule has 0 aromatic heterocycles. The van der Waals surface area contributed by atoms with Gasteiger partial charge in [-0.2, -0.15) is 0 Å². The summed E-state index contributed by atoms with van der Waals surface area (Å²) in [5, 5.41) is 11.0. The highest BCUT2D eigenvalue weighted by Gasteiger charge is 2.20. The third kappa shape index (κ3) is 5.49. The molecule has 1 unspecified atom stereocenters. The van der Waals surface area contributed by atoms with Gasteiger partial charge in [0.1, 0.15) is 6.04 Å². The number of aliphatic carboxylic acids is 1. The first-order valence-corrected chi connectivity index (χ1v) is 5.54. The SMILES string of the molecule is NC(=O)CC(NC(=O)/C=C/c1ccccc1)C(=O)O. The van der Waals surface area contributed by atoms with E-state index in [1.54, 1.807) is 18.2 Å². The van der Waals surface area contributed by atoms with Crippen molar-refractivity contribution < 1.29 is 19.5 Å². The van der Waals surface area contributed by atoms with Crippen molar-refractivity contribution in [3.63, 3.8) is 0 Å². The molecule has 1 aromatic carbocycles. The van der Waals surface area contributed by atoms with Crippen LogP contribution in [0.5, 0.6) is 0 Å². The fraction of sp³-hybridized carbons (Fsp3) is 0.154. The molecule has 0 heterocycles. The number of hydrogen-bond acceptors (Lipinski definition) is 3. The fourth-order valence-electron chi connectivity index (χ4n) is 1.36. The van der Waals surface area contributed by atoms with E-state index in [0.29, 0.717) is 0 Å². The summed E-state index contributed by atoms with van der Waals surface area (Å²) >= 11 is 0. The zero-order valence-electron chi connectivity index (χ0n) is 10.1. The predicted octanol–water partition coefficient (Wildman–Crippen LogP) is 0.145. The monoisotopic (exact) mass is 262 g/mol. The number of carbonyl (C=O) groups is 3. The average Bonchev–Trinajstić information content (AvgIpc) is 2.36. The zero-order valence-corrected chi connectivity index (χ0v) is 10.1. The van der Waals surface area contributed by atoms with Crippen LogP contribution in [0.1, 0.15) is 12.0 Å². The van der Waals surface area contributed by atoms with Gasteiger partial charge in [-0.15, -0.1) is 0 Å². The fourth-order valence-corrected chi connectivity index (χ4v) is 1.36. The Morgan fingerprint density at radius 3 is 2.42 bits per heavy atom. The lowest BCUT2D eigenvalue weighted by atomic mass is 10.2. The zero-order chi connectivity index (χ0) is 14.3. The Morgan fingerprint density at radius 1 is 1.26 bits per heavy atom. The Morgan fingerprint density at radius 2 is 1.89 bits per heavy atom. The molecule has 0 aliphatic rings. The molecule has 0 aliphatic carbocycles. The van der Waals surface area contributed by atoms with Crippen LogP contribution < -0.4 is 11.1 Å². The summed E-state index contributed by atoms with van der Waals surface area (Å²) < 4.78 is 0. The van der Waals surface area contributed by atoms with Gasteiger partial charge in [0.15, 0.2) is 0 Å². The van der Waals surface area contributed by atoms with Crippen LogP contribution in [0.15, 0.2) is 36.4 Å². The van der Waals surface area contributed by atoms with Crippen molar-refractivity contribution >= 4 is 23.9 Å². The number of carbonyl (C=O) groups excluding carboxylic acids is 2. The largest absolute Gasteiger partial charge is 0.480 e. The van der Waals surface area contributed by atoms with E-state index in [2.05, 4.69) is 5.32 Å². The summed E-state index contributed by atoms with van der Waals surface area (Å²) in [5.41, 5.74) is 5.71. The summed E-state index contributed by atoms with van der Waals surface area (Å²) in [4.78, 5) is 33.0. The third-order valence-corrected chi connectivity index (χ3v) is 2.25. The minimum atomic E-state index is -1.31. The summed E-state index contributed by atoms with van der Waals surface area (Å²) in [6.07, 6.45) is 2.30.